The monoisotopic (exact) mass is 410 g/mol. The van der Waals surface area contributed by atoms with Gasteiger partial charge >= 0.3 is 0 Å². The lowest BCUT2D eigenvalue weighted by Gasteiger charge is -2.13. The summed E-state index contributed by atoms with van der Waals surface area (Å²) in [6, 6.07) is 16.5. The third-order valence-electron chi connectivity index (χ3n) is 3.79. The van der Waals surface area contributed by atoms with Crippen LogP contribution in [0, 0.1) is 6.92 Å². The quantitative estimate of drug-likeness (QED) is 0.564. The van der Waals surface area contributed by atoms with Crippen LogP contribution in [0.15, 0.2) is 59.6 Å². The second-order valence-corrected chi connectivity index (χ2v) is 8.70. The van der Waals surface area contributed by atoms with Gasteiger partial charge in [0.15, 0.2) is 5.03 Å². The van der Waals surface area contributed by atoms with Gasteiger partial charge in [0.2, 0.25) is 0 Å². The van der Waals surface area contributed by atoms with Gasteiger partial charge in [0.05, 0.1) is 6.54 Å². The number of hydrogen-bond donors (Lipinski definition) is 0. The maximum atomic E-state index is 11.5. The standard InChI is InChI=1S/C18H16Cl2N2O3S/c1-13-9-18(26(20,23)24)21-22(13)11-15-10-16(19)7-8-17(15)25-12-14-5-3-2-4-6-14/h2-10H,11-12H2,1H3. The Kier molecular flexibility index (Phi) is 5.55. The number of aromatic nitrogens is 2. The van der Waals surface area contributed by atoms with Crippen molar-refractivity contribution in [1.82, 2.24) is 9.78 Å². The van der Waals surface area contributed by atoms with E-state index in [4.69, 9.17) is 27.0 Å². The molecule has 3 aromatic rings. The van der Waals surface area contributed by atoms with Crippen molar-refractivity contribution in [1.29, 1.82) is 0 Å². The Balaban J connectivity index is 1.85. The number of hydrogen-bond acceptors (Lipinski definition) is 4. The second kappa shape index (κ2) is 7.70. The smallest absolute Gasteiger partial charge is 0.280 e. The minimum Gasteiger partial charge on any atom is -0.489 e. The fourth-order valence-electron chi connectivity index (χ4n) is 2.47. The van der Waals surface area contributed by atoms with E-state index in [1.54, 1.807) is 29.8 Å². The van der Waals surface area contributed by atoms with E-state index in [9.17, 15) is 8.42 Å². The largest absolute Gasteiger partial charge is 0.489 e. The third-order valence-corrected chi connectivity index (χ3v) is 5.20. The molecule has 0 aliphatic rings. The average molecular weight is 411 g/mol. The van der Waals surface area contributed by atoms with E-state index in [2.05, 4.69) is 5.10 Å². The molecular formula is C18H16Cl2N2O3S. The van der Waals surface area contributed by atoms with Gasteiger partial charge in [-0.1, -0.05) is 41.9 Å². The van der Waals surface area contributed by atoms with E-state index >= 15 is 0 Å². The summed E-state index contributed by atoms with van der Waals surface area (Å²) >= 11 is 6.12. The van der Waals surface area contributed by atoms with Crippen molar-refractivity contribution in [3.05, 3.63) is 76.4 Å². The number of aryl methyl sites for hydroxylation is 1. The normalized spacial score (nSPS) is 11.5. The molecule has 1 aromatic heterocycles. The molecule has 0 atom stereocenters. The molecule has 26 heavy (non-hydrogen) atoms. The topological polar surface area (TPSA) is 61.2 Å². The summed E-state index contributed by atoms with van der Waals surface area (Å²) in [5.74, 6) is 0.656. The number of nitrogens with zero attached hydrogens (tertiary/aromatic N) is 2. The highest BCUT2D eigenvalue weighted by Gasteiger charge is 2.17. The average Bonchev–Trinajstić information content (AvgIpc) is 2.96. The predicted molar refractivity (Wildman–Crippen MR) is 101 cm³/mol. The van der Waals surface area contributed by atoms with Crippen LogP contribution in [-0.2, 0) is 22.2 Å². The van der Waals surface area contributed by atoms with E-state index in [0.717, 1.165) is 11.1 Å². The minimum atomic E-state index is -3.88. The van der Waals surface area contributed by atoms with Crippen LogP contribution in [0.5, 0.6) is 5.75 Å². The fraction of sp³-hybridized carbons (Fsp3) is 0.167. The highest BCUT2D eigenvalue weighted by Crippen LogP contribution is 2.26. The molecule has 0 bridgehead atoms. The summed E-state index contributed by atoms with van der Waals surface area (Å²) < 4.78 is 30.4. The van der Waals surface area contributed by atoms with Gasteiger partial charge in [0.25, 0.3) is 9.05 Å². The Labute approximate surface area is 161 Å². The first-order chi connectivity index (χ1) is 12.3. The van der Waals surface area contributed by atoms with Crippen LogP contribution in [0.1, 0.15) is 16.8 Å². The molecule has 3 rings (SSSR count). The molecule has 8 heteroatoms. The van der Waals surface area contributed by atoms with Crippen LogP contribution in [-0.4, -0.2) is 18.2 Å². The van der Waals surface area contributed by atoms with Gasteiger partial charge in [0, 0.05) is 27.0 Å². The summed E-state index contributed by atoms with van der Waals surface area (Å²) in [5.41, 5.74) is 2.50. The lowest BCUT2D eigenvalue weighted by Crippen LogP contribution is -2.07. The van der Waals surface area contributed by atoms with Crippen molar-refractivity contribution >= 4 is 31.3 Å². The zero-order valence-electron chi connectivity index (χ0n) is 13.9. The van der Waals surface area contributed by atoms with Gasteiger partial charge in [-0.2, -0.15) is 5.10 Å². The molecule has 0 spiro atoms. The summed E-state index contributed by atoms with van der Waals surface area (Å²) in [5, 5.41) is 4.45. The predicted octanol–water partition coefficient (Wildman–Crippen LogP) is 4.40. The maximum Gasteiger partial charge on any atom is 0.280 e. The van der Waals surface area contributed by atoms with E-state index in [1.807, 2.05) is 30.3 Å². The number of halogens is 2. The van der Waals surface area contributed by atoms with Crippen LogP contribution in [0.4, 0.5) is 0 Å². The van der Waals surface area contributed by atoms with Crippen LogP contribution in [0.25, 0.3) is 0 Å². The van der Waals surface area contributed by atoms with E-state index in [1.165, 1.54) is 6.07 Å². The summed E-state index contributed by atoms with van der Waals surface area (Å²) in [6.45, 7) is 2.48. The summed E-state index contributed by atoms with van der Waals surface area (Å²) in [7, 11) is 1.49. The van der Waals surface area contributed by atoms with Crippen LogP contribution >= 0.6 is 22.3 Å². The maximum absolute atomic E-state index is 11.5. The Hall–Kier alpha value is -2.02. The Morgan fingerprint density at radius 2 is 1.85 bits per heavy atom. The van der Waals surface area contributed by atoms with Gasteiger partial charge in [0.1, 0.15) is 12.4 Å². The lowest BCUT2D eigenvalue weighted by atomic mass is 10.2. The molecule has 0 unspecified atom stereocenters. The number of rotatable bonds is 6. The second-order valence-electron chi connectivity index (χ2n) is 5.75. The Morgan fingerprint density at radius 1 is 1.12 bits per heavy atom. The molecule has 1 heterocycles. The van der Waals surface area contributed by atoms with Crippen LogP contribution in [0.3, 0.4) is 0 Å². The molecule has 0 N–H and O–H groups in total. The molecule has 0 radical (unpaired) electrons. The van der Waals surface area contributed by atoms with Gasteiger partial charge in [-0.05, 0) is 36.8 Å². The first kappa shape index (κ1) is 18.8. The summed E-state index contributed by atoms with van der Waals surface area (Å²) in [6.07, 6.45) is 0. The van der Waals surface area contributed by atoms with Crippen molar-refractivity contribution in [2.75, 3.05) is 0 Å². The lowest BCUT2D eigenvalue weighted by molar-refractivity contribution is 0.302. The van der Waals surface area contributed by atoms with Crippen LogP contribution < -0.4 is 4.74 Å². The molecular weight excluding hydrogens is 395 g/mol. The van der Waals surface area contributed by atoms with Gasteiger partial charge in [-0.3, -0.25) is 4.68 Å². The molecule has 0 fully saturated rings. The first-order valence-corrected chi connectivity index (χ1v) is 10.5. The fourth-order valence-corrected chi connectivity index (χ4v) is 3.40. The minimum absolute atomic E-state index is 0.176. The zero-order chi connectivity index (χ0) is 18.7. The summed E-state index contributed by atoms with van der Waals surface area (Å²) in [4.78, 5) is 0. The first-order valence-electron chi connectivity index (χ1n) is 7.77. The highest BCUT2D eigenvalue weighted by atomic mass is 35.7. The highest BCUT2D eigenvalue weighted by molar-refractivity contribution is 8.13. The van der Waals surface area contributed by atoms with E-state index in [0.29, 0.717) is 29.6 Å². The zero-order valence-corrected chi connectivity index (χ0v) is 16.2. The molecule has 0 saturated heterocycles. The number of ether oxygens (including phenoxy) is 1. The molecule has 5 nitrogen and oxygen atoms in total. The molecule has 0 amide bonds. The number of benzene rings is 2. The van der Waals surface area contributed by atoms with Crippen molar-refractivity contribution in [3.8, 4) is 5.75 Å². The van der Waals surface area contributed by atoms with Crippen LogP contribution in [0.2, 0.25) is 5.02 Å². The van der Waals surface area contributed by atoms with E-state index < -0.39 is 9.05 Å². The van der Waals surface area contributed by atoms with Gasteiger partial charge in [-0.25, -0.2) is 8.42 Å². The third kappa shape index (κ3) is 4.58. The molecule has 2 aromatic carbocycles. The molecule has 0 aliphatic carbocycles. The van der Waals surface area contributed by atoms with E-state index in [-0.39, 0.29) is 5.03 Å². The molecule has 136 valence electrons. The van der Waals surface area contributed by atoms with Crippen molar-refractivity contribution < 1.29 is 13.2 Å². The van der Waals surface area contributed by atoms with Crippen molar-refractivity contribution in [3.63, 3.8) is 0 Å². The van der Waals surface area contributed by atoms with Gasteiger partial charge < -0.3 is 4.74 Å². The Morgan fingerprint density at radius 3 is 2.50 bits per heavy atom. The molecule has 0 saturated carbocycles. The van der Waals surface area contributed by atoms with Crippen molar-refractivity contribution in [2.45, 2.75) is 25.1 Å². The molecule has 0 aliphatic heterocycles. The Bertz CT molecular complexity index is 1020. The van der Waals surface area contributed by atoms with Crippen molar-refractivity contribution in [2.24, 2.45) is 0 Å². The SMILES string of the molecule is Cc1cc(S(=O)(=O)Cl)nn1Cc1cc(Cl)ccc1OCc1ccccc1. The van der Waals surface area contributed by atoms with Gasteiger partial charge in [-0.15, -0.1) is 0 Å².